The summed E-state index contributed by atoms with van der Waals surface area (Å²) in [7, 11) is 9.65. The average molecular weight is 490 g/mol. The lowest BCUT2D eigenvalue weighted by molar-refractivity contribution is 0.273. The summed E-state index contributed by atoms with van der Waals surface area (Å²) in [5, 5.41) is 1.84. The second-order valence-corrected chi connectivity index (χ2v) is 8.08. The summed E-state index contributed by atoms with van der Waals surface area (Å²) in [5.41, 5.74) is 4.17. The molecule has 4 aromatic rings. The number of nitrogens with zero attached hydrogens (tertiary/aromatic N) is 1. The maximum absolute atomic E-state index is 6.21. The van der Waals surface area contributed by atoms with Crippen LogP contribution < -0.4 is 33.2 Å². The van der Waals surface area contributed by atoms with E-state index in [9.17, 15) is 0 Å². The summed E-state index contributed by atoms with van der Waals surface area (Å²) in [6.45, 7) is 0.303. The Morgan fingerprint density at radius 1 is 0.611 bits per heavy atom. The van der Waals surface area contributed by atoms with Crippen LogP contribution in [0.1, 0.15) is 5.56 Å². The molecule has 0 amide bonds. The molecule has 8 nitrogen and oxygen atoms in total. The molecule has 0 radical (unpaired) electrons. The van der Waals surface area contributed by atoms with Crippen molar-refractivity contribution < 1.29 is 33.2 Å². The van der Waals surface area contributed by atoms with E-state index < -0.39 is 0 Å². The number of ether oxygens (including phenoxy) is 7. The monoisotopic (exact) mass is 489 g/mol. The van der Waals surface area contributed by atoms with Crippen molar-refractivity contribution >= 4 is 10.8 Å². The van der Waals surface area contributed by atoms with E-state index in [2.05, 4.69) is 0 Å². The summed E-state index contributed by atoms with van der Waals surface area (Å²) in [6, 6.07) is 13.4. The molecule has 8 heteroatoms. The molecule has 0 bridgehead atoms. The van der Waals surface area contributed by atoms with Crippen molar-refractivity contribution in [2.75, 3.05) is 42.7 Å². The fraction of sp³-hybridized carbons (Fsp3) is 0.250. The maximum atomic E-state index is 6.21. The minimum atomic E-state index is 0.303. The Labute approximate surface area is 209 Å². The van der Waals surface area contributed by atoms with Crippen molar-refractivity contribution in [1.29, 1.82) is 0 Å². The standard InChI is InChI=1S/C28H27NO7/c1-30-20-9-7-15(11-22(20)32-3)25-18-13-24(34-5)23(33-4)12-17(18)19-14-36-27-16(26(19)29-25)8-10-21(31-2)28(27)35-6/h7-13H,14H2,1-6H3. The zero-order chi connectivity index (χ0) is 25.4. The molecule has 1 aliphatic heterocycles. The van der Waals surface area contributed by atoms with Gasteiger partial charge in [0, 0.05) is 22.1 Å². The third kappa shape index (κ3) is 3.57. The lowest BCUT2D eigenvalue weighted by atomic mass is 9.93. The van der Waals surface area contributed by atoms with Gasteiger partial charge in [-0.1, -0.05) is 0 Å². The summed E-state index contributed by atoms with van der Waals surface area (Å²) in [6.07, 6.45) is 0. The SMILES string of the molecule is COc1ccc(-c2nc3c(c4cc(OC)c(OC)cc24)COc2c-3ccc(OC)c2OC)cc1OC. The minimum Gasteiger partial charge on any atom is -0.493 e. The molecule has 0 atom stereocenters. The first-order chi connectivity index (χ1) is 17.6. The van der Waals surface area contributed by atoms with Crippen LogP contribution in [-0.4, -0.2) is 47.6 Å². The molecule has 3 aromatic carbocycles. The van der Waals surface area contributed by atoms with Gasteiger partial charge in [-0.05, 0) is 47.9 Å². The van der Waals surface area contributed by atoms with Crippen molar-refractivity contribution in [2.45, 2.75) is 6.61 Å². The van der Waals surface area contributed by atoms with Gasteiger partial charge in [0.05, 0.1) is 54.0 Å². The first kappa shape index (κ1) is 23.4. The first-order valence-electron chi connectivity index (χ1n) is 11.3. The molecule has 0 saturated heterocycles. The topological polar surface area (TPSA) is 77.5 Å². The van der Waals surface area contributed by atoms with Gasteiger partial charge < -0.3 is 33.2 Å². The Morgan fingerprint density at radius 3 is 1.86 bits per heavy atom. The zero-order valence-corrected chi connectivity index (χ0v) is 21.1. The van der Waals surface area contributed by atoms with Crippen molar-refractivity contribution in [3.05, 3.63) is 48.0 Å². The van der Waals surface area contributed by atoms with E-state index >= 15 is 0 Å². The zero-order valence-electron chi connectivity index (χ0n) is 21.1. The number of aromatic nitrogens is 1. The second kappa shape index (κ2) is 9.37. The van der Waals surface area contributed by atoms with Crippen molar-refractivity contribution in [1.82, 2.24) is 4.98 Å². The number of methoxy groups -OCH3 is 6. The molecule has 1 aliphatic rings. The maximum Gasteiger partial charge on any atom is 0.204 e. The predicted molar refractivity (Wildman–Crippen MR) is 136 cm³/mol. The molecular weight excluding hydrogens is 462 g/mol. The second-order valence-electron chi connectivity index (χ2n) is 8.08. The van der Waals surface area contributed by atoms with Gasteiger partial charge in [-0.3, -0.25) is 0 Å². The quantitative estimate of drug-likeness (QED) is 0.336. The number of pyridine rings is 1. The van der Waals surface area contributed by atoms with Gasteiger partial charge in [-0.15, -0.1) is 0 Å². The van der Waals surface area contributed by atoms with Crippen molar-refractivity contribution in [3.8, 4) is 62.8 Å². The van der Waals surface area contributed by atoms with Crippen LogP contribution in [0.25, 0.3) is 33.3 Å². The van der Waals surface area contributed by atoms with Crippen LogP contribution in [0.4, 0.5) is 0 Å². The Hall–Kier alpha value is -4.33. The molecule has 36 heavy (non-hydrogen) atoms. The highest BCUT2D eigenvalue weighted by atomic mass is 16.5. The van der Waals surface area contributed by atoms with Crippen LogP contribution in [-0.2, 0) is 6.61 Å². The average Bonchev–Trinajstić information content (AvgIpc) is 2.94. The third-order valence-electron chi connectivity index (χ3n) is 6.39. The van der Waals surface area contributed by atoms with Crippen LogP contribution in [0.5, 0.6) is 40.2 Å². The molecule has 0 spiro atoms. The molecule has 2 heterocycles. The van der Waals surface area contributed by atoms with E-state index in [1.807, 2.05) is 42.5 Å². The van der Waals surface area contributed by atoms with Gasteiger partial charge in [-0.2, -0.15) is 0 Å². The highest BCUT2D eigenvalue weighted by molar-refractivity contribution is 6.02. The summed E-state index contributed by atoms with van der Waals surface area (Å²) in [4.78, 5) is 5.18. The normalized spacial score (nSPS) is 11.7. The van der Waals surface area contributed by atoms with Crippen LogP contribution in [0.3, 0.4) is 0 Å². The van der Waals surface area contributed by atoms with E-state index in [1.54, 1.807) is 42.7 Å². The van der Waals surface area contributed by atoms with E-state index in [-0.39, 0.29) is 0 Å². The summed E-state index contributed by atoms with van der Waals surface area (Å²) < 4.78 is 39.6. The lowest BCUT2D eigenvalue weighted by Gasteiger charge is -2.25. The van der Waals surface area contributed by atoms with Crippen LogP contribution in [0.2, 0.25) is 0 Å². The van der Waals surface area contributed by atoms with Gasteiger partial charge in [0.25, 0.3) is 0 Å². The van der Waals surface area contributed by atoms with Crippen LogP contribution in [0.15, 0.2) is 42.5 Å². The van der Waals surface area contributed by atoms with E-state index in [4.69, 9.17) is 38.1 Å². The van der Waals surface area contributed by atoms with Crippen molar-refractivity contribution in [2.24, 2.45) is 0 Å². The van der Waals surface area contributed by atoms with Gasteiger partial charge in [-0.25, -0.2) is 4.98 Å². The molecular formula is C28H27NO7. The van der Waals surface area contributed by atoms with E-state index in [0.717, 1.165) is 38.9 Å². The smallest absolute Gasteiger partial charge is 0.204 e. The Bertz CT molecular complexity index is 1460. The van der Waals surface area contributed by atoms with Crippen molar-refractivity contribution in [3.63, 3.8) is 0 Å². The number of benzene rings is 3. The predicted octanol–water partition coefficient (Wildman–Crippen LogP) is 5.51. The Morgan fingerprint density at radius 2 is 1.22 bits per heavy atom. The molecule has 0 saturated carbocycles. The van der Waals surface area contributed by atoms with Gasteiger partial charge in [0.1, 0.15) is 6.61 Å². The summed E-state index contributed by atoms with van der Waals surface area (Å²) >= 11 is 0. The molecule has 1 aromatic heterocycles. The highest BCUT2D eigenvalue weighted by Crippen LogP contribution is 2.50. The summed E-state index contributed by atoms with van der Waals surface area (Å²) in [5.74, 6) is 4.19. The number of fused-ring (bicyclic) bond motifs is 5. The first-order valence-corrected chi connectivity index (χ1v) is 11.3. The largest absolute Gasteiger partial charge is 0.493 e. The van der Waals surface area contributed by atoms with Crippen LogP contribution >= 0.6 is 0 Å². The number of hydrogen-bond donors (Lipinski definition) is 0. The molecule has 0 aliphatic carbocycles. The van der Waals surface area contributed by atoms with E-state index in [1.165, 1.54) is 0 Å². The number of rotatable bonds is 7. The lowest BCUT2D eigenvalue weighted by Crippen LogP contribution is -2.11. The van der Waals surface area contributed by atoms with Gasteiger partial charge >= 0.3 is 0 Å². The Kier molecular flexibility index (Phi) is 6.10. The minimum absolute atomic E-state index is 0.303. The molecule has 186 valence electrons. The fourth-order valence-electron chi connectivity index (χ4n) is 4.64. The van der Waals surface area contributed by atoms with Crippen LogP contribution in [0, 0.1) is 0 Å². The number of hydrogen-bond acceptors (Lipinski definition) is 8. The van der Waals surface area contributed by atoms with E-state index in [0.29, 0.717) is 46.9 Å². The van der Waals surface area contributed by atoms with Gasteiger partial charge in [0.15, 0.2) is 34.5 Å². The Balaban J connectivity index is 1.86. The molecule has 5 rings (SSSR count). The molecule has 0 N–H and O–H groups in total. The third-order valence-corrected chi connectivity index (χ3v) is 6.39. The molecule has 0 fully saturated rings. The molecule has 0 unspecified atom stereocenters. The fourth-order valence-corrected chi connectivity index (χ4v) is 4.64. The van der Waals surface area contributed by atoms with Gasteiger partial charge in [0.2, 0.25) is 5.75 Å². The highest BCUT2D eigenvalue weighted by Gasteiger charge is 2.28.